The van der Waals surface area contributed by atoms with Gasteiger partial charge in [0.05, 0.1) is 5.83 Å². The third-order valence-electron chi connectivity index (χ3n) is 2.15. The van der Waals surface area contributed by atoms with Crippen molar-refractivity contribution in [3.63, 3.8) is 0 Å². The molecular weight excluding hydrogens is 141 g/mol. The minimum Gasteiger partial charge on any atom is -0.300 e. The van der Waals surface area contributed by atoms with Crippen LogP contribution < -0.4 is 0 Å². The van der Waals surface area contributed by atoms with Crippen molar-refractivity contribution < 1.29 is 4.39 Å². The van der Waals surface area contributed by atoms with Gasteiger partial charge in [0, 0.05) is 25.6 Å². The normalized spacial score (nSPS) is 21.6. The van der Waals surface area contributed by atoms with Gasteiger partial charge < -0.3 is 4.90 Å². The first-order valence-electron chi connectivity index (χ1n) is 4.28. The van der Waals surface area contributed by atoms with E-state index in [1.165, 1.54) is 0 Å². The highest BCUT2D eigenvalue weighted by molar-refractivity contribution is 4.95. The van der Waals surface area contributed by atoms with E-state index in [0.29, 0.717) is 12.5 Å². The van der Waals surface area contributed by atoms with E-state index in [0.717, 1.165) is 19.5 Å². The van der Waals surface area contributed by atoms with Crippen molar-refractivity contribution in [2.75, 3.05) is 13.1 Å². The second-order valence-corrected chi connectivity index (χ2v) is 3.32. The van der Waals surface area contributed by atoms with Gasteiger partial charge in [0.15, 0.2) is 0 Å². The van der Waals surface area contributed by atoms with Crippen molar-refractivity contribution in [2.45, 2.75) is 32.7 Å². The minimum absolute atomic E-state index is 0.0631. The lowest BCUT2D eigenvalue weighted by molar-refractivity contribution is 0.230. The summed E-state index contributed by atoms with van der Waals surface area (Å²) in [5, 5.41) is 0. The first kappa shape index (κ1) is 8.72. The van der Waals surface area contributed by atoms with Gasteiger partial charge in [0.1, 0.15) is 0 Å². The molecule has 1 aliphatic heterocycles. The SMILES string of the molecule is CC(C)N1CCC=C(F)CC1. The molecule has 0 aliphatic carbocycles. The van der Waals surface area contributed by atoms with E-state index in [4.69, 9.17) is 0 Å². The average Bonchev–Trinajstić information content (AvgIpc) is 2.13. The highest BCUT2D eigenvalue weighted by Gasteiger charge is 2.11. The van der Waals surface area contributed by atoms with Crippen molar-refractivity contribution in [1.82, 2.24) is 4.90 Å². The van der Waals surface area contributed by atoms with Gasteiger partial charge in [-0.05, 0) is 20.3 Å². The molecule has 0 aromatic heterocycles. The van der Waals surface area contributed by atoms with Crippen molar-refractivity contribution in [1.29, 1.82) is 0 Å². The lowest BCUT2D eigenvalue weighted by Gasteiger charge is -2.23. The van der Waals surface area contributed by atoms with Crippen LogP contribution in [0, 0.1) is 0 Å². The predicted molar refractivity (Wildman–Crippen MR) is 45.1 cm³/mol. The maximum absolute atomic E-state index is 12.7. The van der Waals surface area contributed by atoms with Gasteiger partial charge >= 0.3 is 0 Å². The monoisotopic (exact) mass is 157 g/mol. The summed E-state index contributed by atoms with van der Waals surface area (Å²) in [7, 11) is 0. The highest BCUT2D eigenvalue weighted by Crippen LogP contribution is 2.13. The van der Waals surface area contributed by atoms with Crippen LogP contribution in [-0.4, -0.2) is 24.0 Å². The summed E-state index contributed by atoms with van der Waals surface area (Å²) < 4.78 is 12.7. The summed E-state index contributed by atoms with van der Waals surface area (Å²) in [6, 6.07) is 0.550. The largest absolute Gasteiger partial charge is 0.300 e. The molecule has 0 radical (unpaired) electrons. The van der Waals surface area contributed by atoms with Crippen molar-refractivity contribution in [2.24, 2.45) is 0 Å². The fraction of sp³-hybridized carbons (Fsp3) is 0.778. The fourth-order valence-corrected chi connectivity index (χ4v) is 1.37. The van der Waals surface area contributed by atoms with E-state index in [9.17, 15) is 4.39 Å². The molecule has 0 aromatic carbocycles. The van der Waals surface area contributed by atoms with E-state index in [-0.39, 0.29) is 5.83 Å². The van der Waals surface area contributed by atoms with Crippen LogP contribution in [0.3, 0.4) is 0 Å². The van der Waals surface area contributed by atoms with Crippen LogP contribution in [0.2, 0.25) is 0 Å². The molecule has 1 rings (SSSR count). The maximum Gasteiger partial charge on any atom is 0.0973 e. The lowest BCUT2D eigenvalue weighted by Crippen LogP contribution is -2.31. The van der Waals surface area contributed by atoms with E-state index >= 15 is 0 Å². The summed E-state index contributed by atoms with van der Waals surface area (Å²) >= 11 is 0. The van der Waals surface area contributed by atoms with Crippen LogP contribution in [-0.2, 0) is 0 Å². The molecular formula is C9H16FN. The quantitative estimate of drug-likeness (QED) is 0.564. The third-order valence-corrected chi connectivity index (χ3v) is 2.15. The van der Waals surface area contributed by atoms with Gasteiger partial charge in [-0.2, -0.15) is 0 Å². The van der Waals surface area contributed by atoms with Gasteiger partial charge in [0.2, 0.25) is 0 Å². The Labute approximate surface area is 67.9 Å². The van der Waals surface area contributed by atoms with Crippen LogP contribution in [0.5, 0.6) is 0 Å². The van der Waals surface area contributed by atoms with Crippen LogP contribution in [0.4, 0.5) is 4.39 Å². The molecule has 11 heavy (non-hydrogen) atoms. The van der Waals surface area contributed by atoms with Crippen LogP contribution >= 0.6 is 0 Å². The summed E-state index contributed by atoms with van der Waals surface area (Å²) in [5.74, 6) is 0.0631. The second kappa shape index (κ2) is 3.86. The van der Waals surface area contributed by atoms with Gasteiger partial charge in [-0.1, -0.05) is 6.08 Å². The standard InChI is InChI=1S/C9H16FN/c1-8(2)11-6-3-4-9(10)5-7-11/h4,8H,3,5-7H2,1-2H3. The number of halogens is 1. The molecule has 0 N–H and O–H groups in total. The molecule has 0 fully saturated rings. The number of rotatable bonds is 1. The van der Waals surface area contributed by atoms with E-state index in [1.807, 2.05) is 0 Å². The van der Waals surface area contributed by atoms with Crippen LogP contribution in [0.1, 0.15) is 26.7 Å². The molecule has 0 bridgehead atoms. The Balaban J connectivity index is 2.41. The smallest absolute Gasteiger partial charge is 0.0973 e. The number of nitrogens with zero attached hydrogens (tertiary/aromatic N) is 1. The predicted octanol–water partition coefficient (Wildman–Crippen LogP) is 2.34. The number of hydrogen-bond donors (Lipinski definition) is 0. The molecule has 0 amide bonds. The zero-order valence-electron chi connectivity index (χ0n) is 7.31. The van der Waals surface area contributed by atoms with Crippen molar-refractivity contribution >= 4 is 0 Å². The summed E-state index contributed by atoms with van der Waals surface area (Å²) in [5.41, 5.74) is 0. The third kappa shape index (κ3) is 2.62. The topological polar surface area (TPSA) is 3.24 Å². The molecule has 2 heteroatoms. The Kier molecular flexibility index (Phi) is 3.06. The molecule has 0 spiro atoms. The Morgan fingerprint density at radius 2 is 2.18 bits per heavy atom. The van der Waals surface area contributed by atoms with E-state index in [1.54, 1.807) is 6.08 Å². The minimum atomic E-state index is 0.0631. The molecule has 0 unspecified atom stereocenters. The Hall–Kier alpha value is -0.370. The molecule has 0 saturated heterocycles. The maximum atomic E-state index is 12.7. The van der Waals surface area contributed by atoms with E-state index < -0.39 is 0 Å². The molecule has 0 saturated carbocycles. The van der Waals surface area contributed by atoms with Crippen molar-refractivity contribution in [3.05, 3.63) is 11.9 Å². The molecule has 1 heterocycles. The molecule has 64 valence electrons. The van der Waals surface area contributed by atoms with E-state index in [2.05, 4.69) is 18.7 Å². The number of hydrogen-bond acceptors (Lipinski definition) is 1. The van der Waals surface area contributed by atoms with Gasteiger partial charge in [-0.15, -0.1) is 0 Å². The summed E-state index contributed by atoms with van der Waals surface area (Å²) in [6.07, 6.45) is 3.17. The van der Waals surface area contributed by atoms with Crippen molar-refractivity contribution in [3.8, 4) is 0 Å². The lowest BCUT2D eigenvalue weighted by atomic mass is 10.3. The summed E-state index contributed by atoms with van der Waals surface area (Å²) in [6.45, 7) is 6.19. The average molecular weight is 157 g/mol. The Morgan fingerprint density at radius 3 is 2.82 bits per heavy atom. The molecule has 0 atom stereocenters. The van der Waals surface area contributed by atoms with Gasteiger partial charge in [0.25, 0.3) is 0 Å². The van der Waals surface area contributed by atoms with Crippen LogP contribution in [0.25, 0.3) is 0 Å². The summed E-state index contributed by atoms with van der Waals surface area (Å²) in [4.78, 5) is 2.31. The molecule has 1 aliphatic rings. The first-order chi connectivity index (χ1) is 5.20. The molecule has 1 nitrogen and oxygen atoms in total. The van der Waals surface area contributed by atoms with Gasteiger partial charge in [-0.25, -0.2) is 4.39 Å². The zero-order chi connectivity index (χ0) is 8.27. The Bertz CT molecular complexity index is 152. The fourth-order valence-electron chi connectivity index (χ4n) is 1.37. The Morgan fingerprint density at radius 1 is 1.45 bits per heavy atom. The highest BCUT2D eigenvalue weighted by atomic mass is 19.1. The molecule has 0 aromatic rings. The van der Waals surface area contributed by atoms with Crippen LogP contribution in [0.15, 0.2) is 11.9 Å². The second-order valence-electron chi connectivity index (χ2n) is 3.32. The zero-order valence-corrected chi connectivity index (χ0v) is 7.31. The first-order valence-corrected chi connectivity index (χ1v) is 4.28. The van der Waals surface area contributed by atoms with Gasteiger partial charge in [-0.3, -0.25) is 0 Å².